The summed E-state index contributed by atoms with van der Waals surface area (Å²) in [4.78, 5) is 12.9. The molecule has 1 aromatic rings. The fraction of sp³-hybridized carbons (Fsp3) is 0.462. The first kappa shape index (κ1) is 11.9. The molecule has 1 saturated heterocycles. The minimum Gasteiger partial charge on any atom is -0.478 e. The highest BCUT2D eigenvalue weighted by molar-refractivity contribution is 5.88. The van der Waals surface area contributed by atoms with E-state index in [2.05, 4.69) is 11.8 Å². The summed E-state index contributed by atoms with van der Waals surface area (Å²) in [7, 11) is 0. The molecule has 1 aliphatic heterocycles. The van der Waals surface area contributed by atoms with Crippen molar-refractivity contribution < 1.29 is 15.0 Å². The molecule has 4 nitrogen and oxygen atoms in total. The zero-order chi connectivity index (χ0) is 12.4. The highest BCUT2D eigenvalue weighted by atomic mass is 16.4. The summed E-state index contributed by atoms with van der Waals surface area (Å²) in [5.74, 6) is -0.118. The Bertz CT molecular complexity index is 402. The van der Waals surface area contributed by atoms with Gasteiger partial charge in [0.05, 0.1) is 5.56 Å². The van der Waals surface area contributed by atoms with E-state index in [-0.39, 0.29) is 6.61 Å². The molecule has 0 aromatic heterocycles. The van der Waals surface area contributed by atoms with Crippen LogP contribution in [-0.2, 0) is 0 Å². The number of carboxylic acids is 1. The van der Waals surface area contributed by atoms with Gasteiger partial charge in [0.2, 0.25) is 0 Å². The Balaban J connectivity index is 2.11. The van der Waals surface area contributed by atoms with Gasteiger partial charge < -0.3 is 15.1 Å². The van der Waals surface area contributed by atoms with Crippen LogP contribution in [0.4, 0.5) is 5.69 Å². The Morgan fingerprint density at radius 2 is 2.00 bits per heavy atom. The number of hydrogen-bond donors (Lipinski definition) is 2. The van der Waals surface area contributed by atoms with Crippen LogP contribution < -0.4 is 4.90 Å². The van der Waals surface area contributed by atoms with Gasteiger partial charge in [-0.15, -0.1) is 0 Å². The highest BCUT2D eigenvalue weighted by Crippen LogP contribution is 2.27. The second-order valence-electron chi connectivity index (χ2n) is 4.68. The lowest BCUT2D eigenvalue weighted by Crippen LogP contribution is -2.20. The van der Waals surface area contributed by atoms with E-state index in [0.717, 1.165) is 18.8 Å². The third-order valence-electron chi connectivity index (χ3n) is 3.48. The lowest BCUT2D eigenvalue weighted by molar-refractivity contribution is 0.0697. The van der Waals surface area contributed by atoms with Crippen LogP contribution in [-0.4, -0.2) is 35.9 Å². The van der Waals surface area contributed by atoms with Crippen molar-refractivity contribution in [1.82, 2.24) is 0 Å². The second kappa shape index (κ2) is 4.75. The largest absolute Gasteiger partial charge is 0.478 e. The zero-order valence-electron chi connectivity index (χ0n) is 9.84. The summed E-state index contributed by atoms with van der Waals surface area (Å²) < 4.78 is 0. The zero-order valence-corrected chi connectivity index (χ0v) is 9.84. The Morgan fingerprint density at radius 1 is 1.35 bits per heavy atom. The first-order chi connectivity index (χ1) is 8.11. The quantitative estimate of drug-likeness (QED) is 0.832. The third-order valence-corrected chi connectivity index (χ3v) is 3.48. The third kappa shape index (κ3) is 2.42. The molecule has 1 heterocycles. The molecule has 1 aromatic carbocycles. The number of rotatable bonds is 3. The predicted molar refractivity (Wildman–Crippen MR) is 65.4 cm³/mol. The van der Waals surface area contributed by atoms with Crippen molar-refractivity contribution in [2.24, 2.45) is 11.8 Å². The van der Waals surface area contributed by atoms with E-state index >= 15 is 0 Å². The summed E-state index contributed by atoms with van der Waals surface area (Å²) in [5, 5.41) is 18.0. The fourth-order valence-corrected chi connectivity index (χ4v) is 2.30. The monoisotopic (exact) mass is 235 g/mol. The molecular formula is C13H17NO3. The van der Waals surface area contributed by atoms with E-state index in [4.69, 9.17) is 5.11 Å². The molecular weight excluding hydrogens is 218 g/mol. The van der Waals surface area contributed by atoms with Crippen molar-refractivity contribution in [2.45, 2.75) is 6.92 Å². The molecule has 0 amide bonds. The van der Waals surface area contributed by atoms with Crippen molar-refractivity contribution in [3.63, 3.8) is 0 Å². The maximum absolute atomic E-state index is 10.7. The summed E-state index contributed by atoms with van der Waals surface area (Å²) in [6.45, 7) is 4.10. The van der Waals surface area contributed by atoms with Gasteiger partial charge in [-0.3, -0.25) is 0 Å². The van der Waals surface area contributed by atoms with Gasteiger partial charge in [0, 0.05) is 31.3 Å². The number of benzene rings is 1. The van der Waals surface area contributed by atoms with E-state index in [1.807, 2.05) is 12.1 Å². The van der Waals surface area contributed by atoms with Crippen LogP contribution in [0.1, 0.15) is 17.3 Å². The fourth-order valence-electron chi connectivity index (χ4n) is 2.30. The molecule has 4 heteroatoms. The number of carboxylic acid groups (broad SMARTS) is 1. The molecule has 2 rings (SSSR count). The molecule has 0 bridgehead atoms. The summed E-state index contributed by atoms with van der Waals surface area (Å²) in [6.07, 6.45) is 0. The number of aliphatic hydroxyl groups excluding tert-OH is 1. The lowest BCUT2D eigenvalue weighted by atomic mass is 10.00. The molecule has 0 radical (unpaired) electrons. The maximum Gasteiger partial charge on any atom is 0.335 e. The van der Waals surface area contributed by atoms with Crippen LogP contribution in [0.5, 0.6) is 0 Å². The number of hydrogen-bond acceptors (Lipinski definition) is 3. The molecule has 2 N–H and O–H groups in total. The SMILES string of the molecule is CC1CN(c2ccc(C(=O)O)cc2)CC1CO. The first-order valence-corrected chi connectivity index (χ1v) is 5.81. The molecule has 0 spiro atoms. The van der Waals surface area contributed by atoms with Crippen LogP contribution in [0.2, 0.25) is 0 Å². The molecule has 1 aliphatic rings. The summed E-state index contributed by atoms with van der Waals surface area (Å²) in [5.41, 5.74) is 1.33. The molecule has 1 fully saturated rings. The number of aliphatic hydroxyl groups is 1. The van der Waals surface area contributed by atoms with E-state index < -0.39 is 5.97 Å². The average Bonchev–Trinajstić information content (AvgIpc) is 2.70. The van der Waals surface area contributed by atoms with Gasteiger partial charge in [-0.05, 0) is 30.2 Å². The van der Waals surface area contributed by atoms with Crippen molar-refractivity contribution in [2.75, 3.05) is 24.6 Å². The van der Waals surface area contributed by atoms with Crippen molar-refractivity contribution in [1.29, 1.82) is 0 Å². The summed E-state index contributed by atoms with van der Waals surface area (Å²) in [6, 6.07) is 6.90. The molecule has 17 heavy (non-hydrogen) atoms. The van der Waals surface area contributed by atoms with E-state index in [1.54, 1.807) is 12.1 Å². The Labute approximate surface area is 100 Å². The molecule has 0 aliphatic carbocycles. The van der Waals surface area contributed by atoms with Crippen molar-refractivity contribution in [3.8, 4) is 0 Å². The smallest absolute Gasteiger partial charge is 0.335 e. The van der Waals surface area contributed by atoms with E-state index in [1.165, 1.54) is 0 Å². The van der Waals surface area contributed by atoms with Crippen LogP contribution in [0.25, 0.3) is 0 Å². The molecule has 92 valence electrons. The molecule has 0 saturated carbocycles. The number of carbonyl (C=O) groups is 1. The number of nitrogens with zero attached hydrogens (tertiary/aromatic N) is 1. The maximum atomic E-state index is 10.7. The Hall–Kier alpha value is -1.55. The van der Waals surface area contributed by atoms with Crippen molar-refractivity contribution >= 4 is 11.7 Å². The average molecular weight is 235 g/mol. The van der Waals surface area contributed by atoms with Gasteiger partial charge in [-0.1, -0.05) is 6.92 Å². The number of anilines is 1. The predicted octanol–water partition coefficient (Wildman–Crippen LogP) is 1.45. The normalized spacial score (nSPS) is 24.0. The van der Waals surface area contributed by atoms with E-state index in [0.29, 0.717) is 17.4 Å². The number of aromatic carboxylic acids is 1. The minimum absolute atomic E-state index is 0.213. The highest BCUT2D eigenvalue weighted by Gasteiger charge is 2.28. The topological polar surface area (TPSA) is 60.8 Å². The lowest BCUT2D eigenvalue weighted by Gasteiger charge is -2.18. The minimum atomic E-state index is -0.903. The molecule has 2 atom stereocenters. The van der Waals surface area contributed by atoms with Gasteiger partial charge >= 0.3 is 5.97 Å². The standard InChI is InChI=1S/C13H17NO3/c1-9-6-14(7-11(9)8-15)12-4-2-10(3-5-12)13(16)17/h2-5,9,11,15H,6-8H2,1H3,(H,16,17). The van der Waals surface area contributed by atoms with Gasteiger partial charge in [0.25, 0.3) is 0 Å². The molecule has 2 unspecified atom stereocenters. The van der Waals surface area contributed by atoms with Gasteiger partial charge in [-0.2, -0.15) is 0 Å². The van der Waals surface area contributed by atoms with Crippen LogP contribution in [0, 0.1) is 11.8 Å². The summed E-state index contributed by atoms with van der Waals surface area (Å²) >= 11 is 0. The van der Waals surface area contributed by atoms with E-state index in [9.17, 15) is 9.90 Å². The van der Waals surface area contributed by atoms with Crippen LogP contribution in [0.15, 0.2) is 24.3 Å². The van der Waals surface area contributed by atoms with Crippen LogP contribution >= 0.6 is 0 Å². The Kier molecular flexibility index (Phi) is 3.33. The van der Waals surface area contributed by atoms with Gasteiger partial charge in [-0.25, -0.2) is 4.79 Å². The second-order valence-corrected chi connectivity index (χ2v) is 4.68. The first-order valence-electron chi connectivity index (χ1n) is 5.81. The Morgan fingerprint density at radius 3 is 2.47 bits per heavy atom. The van der Waals surface area contributed by atoms with Gasteiger partial charge in [0.1, 0.15) is 0 Å². The van der Waals surface area contributed by atoms with Gasteiger partial charge in [0.15, 0.2) is 0 Å². The van der Waals surface area contributed by atoms with Crippen molar-refractivity contribution in [3.05, 3.63) is 29.8 Å². The van der Waals surface area contributed by atoms with Crippen LogP contribution in [0.3, 0.4) is 0 Å².